The summed E-state index contributed by atoms with van der Waals surface area (Å²) in [6.07, 6.45) is 1.54. The second-order valence-corrected chi connectivity index (χ2v) is 5.96. The molecule has 0 saturated carbocycles. The van der Waals surface area contributed by atoms with Crippen LogP contribution in [-0.2, 0) is 4.79 Å². The van der Waals surface area contributed by atoms with Crippen molar-refractivity contribution < 1.29 is 9.59 Å². The lowest BCUT2D eigenvalue weighted by molar-refractivity contribution is -0.114. The SMILES string of the molecule is CC(=O)Nc1cccc(NC(=O)c2cc(Nc3ccc(C#N)cc3)ccn2)c1. The topological polar surface area (TPSA) is 107 Å². The van der Waals surface area contributed by atoms with Gasteiger partial charge in [0.25, 0.3) is 5.91 Å². The maximum absolute atomic E-state index is 12.5. The highest BCUT2D eigenvalue weighted by molar-refractivity contribution is 6.03. The lowest BCUT2D eigenvalue weighted by Gasteiger charge is -2.10. The fourth-order valence-corrected chi connectivity index (χ4v) is 2.50. The lowest BCUT2D eigenvalue weighted by Crippen LogP contribution is -2.14. The van der Waals surface area contributed by atoms with Gasteiger partial charge in [0, 0.05) is 35.9 Å². The van der Waals surface area contributed by atoms with Crippen LogP contribution in [-0.4, -0.2) is 16.8 Å². The van der Waals surface area contributed by atoms with Crippen LogP contribution < -0.4 is 16.0 Å². The molecule has 3 aromatic rings. The van der Waals surface area contributed by atoms with Crippen LogP contribution in [0.1, 0.15) is 23.0 Å². The number of carbonyl (C=O) groups is 2. The first-order valence-electron chi connectivity index (χ1n) is 8.46. The van der Waals surface area contributed by atoms with Crippen LogP contribution in [0.25, 0.3) is 0 Å². The fraction of sp³-hybridized carbons (Fsp3) is 0.0476. The average molecular weight is 371 g/mol. The molecular formula is C21H17N5O2. The van der Waals surface area contributed by atoms with Crippen molar-refractivity contribution in [1.29, 1.82) is 5.26 Å². The quantitative estimate of drug-likeness (QED) is 0.630. The Morgan fingerprint density at radius 3 is 2.29 bits per heavy atom. The third-order valence-corrected chi connectivity index (χ3v) is 3.74. The summed E-state index contributed by atoms with van der Waals surface area (Å²) in [4.78, 5) is 27.8. The second-order valence-electron chi connectivity index (χ2n) is 5.96. The van der Waals surface area contributed by atoms with Gasteiger partial charge in [-0.05, 0) is 54.6 Å². The van der Waals surface area contributed by atoms with Crippen molar-refractivity contribution in [1.82, 2.24) is 4.98 Å². The van der Waals surface area contributed by atoms with Crippen molar-refractivity contribution in [2.45, 2.75) is 6.92 Å². The van der Waals surface area contributed by atoms with Crippen molar-refractivity contribution in [2.75, 3.05) is 16.0 Å². The Labute approximate surface area is 162 Å². The lowest BCUT2D eigenvalue weighted by atomic mass is 10.2. The molecule has 3 N–H and O–H groups in total. The summed E-state index contributed by atoms with van der Waals surface area (Å²) < 4.78 is 0. The van der Waals surface area contributed by atoms with Gasteiger partial charge in [-0.15, -0.1) is 0 Å². The molecule has 3 rings (SSSR count). The largest absolute Gasteiger partial charge is 0.355 e. The van der Waals surface area contributed by atoms with Gasteiger partial charge >= 0.3 is 0 Å². The van der Waals surface area contributed by atoms with Crippen LogP contribution in [0.3, 0.4) is 0 Å². The molecular weight excluding hydrogens is 354 g/mol. The van der Waals surface area contributed by atoms with Crippen LogP contribution in [0.15, 0.2) is 66.9 Å². The highest BCUT2D eigenvalue weighted by Gasteiger charge is 2.09. The Hall–Kier alpha value is -4.18. The zero-order chi connectivity index (χ0) is 19.9. The number of carbonyl (C=O) groups excluding carboxylic acids is 2. The molecule has 28 heavy (non-hydrogen) atoms. The van der Waals surface area contributed by atoms with Gasteiger partial charge in [-0.2, -0.15) is 5.26 Å². The number of anilines is 4. The number of hydrogen-bond donors (Lipinski definition) is 3. The number of hydrogen-bond acceptors (Lipinski definition) is 5. The molecule has 0 unspecified atom stereocenters. The third-order valence-electron chi connectivity index (χ3n) is 3.74. The molecule has 0 aliphatic heterocycles. The molecule has 0 radical (unpaired) electrons. The van der Waals surface area contributed by atoms with Gasteiger partial charge < -0.3 is 16.0 Å². The number of aromatic nitrogens is 1. The van der Waals surface area contributed by atoms with Gasteiger partial charge in [-0.1, -0.05) is 6.07 Å². The van der Waals surface area contributed by atoms with Gasteiger partial charge in [0.1, 0.15) is 5.69 Å². The molecule has 1 aromatic heterocycles. The fourth-order valence-electron chi connectivity index (χ4n) is 2.50. The first-order valence-corrected chi connectivity index (χ1v) is 8.46. The molecule has 0 aliphatic rings. The molecule has 2 aromatic carbocycles. The van der Waals surface area contributed by atoms with Crippen molar-refractivity contribution in [3.63, 3.8) is 0 Å². The maximum atomic E-state index is 12.5. The predicted molar refractivity (Wildman–Crippen MR) is 107 cm³/mol. The summed E-state index contributed by atoms with van der Waals surface area (Å²) in [5.74, 6) is -0.560. The molecule has 1 heterocycles. The summed E-state index contributed by atoms with van der Waals surface area (Å²) in [6, 6.07) is 19.3. The van der Waals surface area contributed by atoms with Crippen molar-refractivity contribution >= 4 is 34.6 Å². The molecule has 7 nitrogen and oxygen atoms in total. The van der Waals surface area contributed by atoms with E-state index >= 15 is 0 Å². The van der Waals surface area contributed by atoms with E-state index in [2.05, 4.69) is 27.0 Å². The number of pyridine rings is 1. The molecule has 0 aliphatic carbocycles. The molecule has 0 atom stereocenters. The molecule has 0 spiro atoms. The Kier molecular flexibility index (Phi) is 5.63. The van der Waals surface area contributed by atoms with E-state index in [0.717, 1.165) is 5.69 Å². The van der Waals surface area contributed by atoms with Crippen LogP contribution in [0.4, 0.5) is 22.7 Å². The third kappa shape index (κ3) is 4.93. The Morgan fingerprint density at radius 1 is 0.893 bits per heavy atom. The Morgan fingerprint density at radius 2 is 1.61 bits per heavy atom. The first kappa shape index (κ1) is 18.6. The standard InChI is InChI=1S/C21H17N5O2/c1-14(27)24-17-3-2-4-18(11-17)26-21(28)20-12-19(9-10-23-20)25-16-7-5-15(13-22)6-8-16/h2-12H,1H3,(H,23,25)(H,24,27)(H,26,28). The Balaban J connectivity index is 1.71. The number of benzene rings is 2. The molecule has 7 heteroatoms. The summed E-state index contributed by atoms with van der Waals surface area (Å²) in [5.41, 5.74) is 3.43. The zero-order valence-electron chi connectivity index (χ0n) is 15.1. The Bertz CT molecular complexity index is 1050. The van der Waals surface area contributed by atoms with Gasteiger partial charge in [-0.3, -0.25) is 14.6 Å². The molecule has 0 bridgehead atoms. The number of nitriles is 1. The van der Waals surface area contributed by atoms with E-state index in [-0.39, 0.29) is 17.5 Å². The van der Waals surface area contributed by atoms with E-state index in [1.54, 1.807) is 60.7 Å². The van der Waals surface area contributed by atoms with Gasteiger partial charge in [-0.25, -0.2) is 0 Å². The van der Waals surface area contributed by atoms with Crippen molar-refractivity contribution in [3.05, 3.63) is 78.1 Å². The summed E-state index contributed by atoms with van der Waals surface area (Å²) in [6.45, 7) is 1.42. The predicted octanol–water partition coefficient (Wildman–Crippen LogP) is 3.91. The highest BCUT2D eigenvalue weighted by Crippen LogP contribution is 2.19. The van der Waals surface area contributed by atoms with E-state index in [4.69, 9.17) is 5.26 Å². The van der Waals surface area contributed by atoms with E-state index in [0.29, 0.717) is 22.6 Å². The minimum Gasteiger partial charge on any atom is -0.355 e. The first-order chi connectivity index (χ1) is 13.5. The summed E-state index contributed by atoms with van der Waals surface area (Å²) in [5, 5.41) is 17.4. The van der Waals surface area contributed by atoms with Gasteiger partial charge in [0.05, 0.1) is 11.6 Å². The van der Waals surface area contributed by atoms with Crippen LogP contribution in [0, 0.1) is 11.3 Å². The maximum Gasteiger partial charge on any atom is 0.274 e. The molecule has 0 fully saturated rings. The molecule has 0 saturated heterocycles. The summed E-state index contributed by atoms with van der Waals surface area (Å²) in [7, 11) is 0. The number of amides is 2. The van der Waals surface area contributed by atoms with Gasteiger partial charge in [0.15, 0.2) is 0 Å². The average Bonchev–Trinajstić information content (AvgIpc) is 2.68. The van der Waals surface area contributed by atoms with Crippen LogP contribution in [0.2, 0.25) is 0 Å². The number of nitrogens with zero attached hydrogens (tertiary/aromatic N) is 2. The van der Waals surface area contributed by atoms with E-state index < -0.39 is 0 Å². The van der Waals surface area contributed by atoms with E-state index in [1.165, 1.54) is 13.1 Å². The molecule has 2 amide bonds. The van der Waals surface area contributed by atoms with E-state index in [9.17, 15) is 9.59 Å². The van der Waals surface area contributed by atoms with Crippen LogP contribution in [0.5, 0.6) is 0 Å². The smallest absolute Gasteiger partial charge is 0.274 e. The minimum absolute atomic E-state index is 0.188. The number of nitrogens with one attached hydrogen (secondary N) is 3. The van der Waals surface area contributed by atoms with E-state index in [1.807, 2.05) is 0 Å². The highest BCUT2D eigenvalue weighted by atomic mass is 16.2. The van der Waals surface area contributed by atoms with Crippen LogP contribution >= 0.6 is 0 Å². The normalized spacial score (nSPS) is 9.86. The monoisotopic (exact) mass is 371 g/mol. The minimum atomic E-state index is -0.372. The summed E-state index contributed by atoms with van der Waals surface area (Å²) >= 11 is 0. The van der Waals surface area contributed by atoms with Gasteiger partial charge in [0.2, 0.25) is 5.91 Å². The number of rotatable bonds is 5. The second kappa shape index (κ2) is 8.47. The zero-order valence-corrected chi connectivity index (χ0v) is 15.1. The van der Waals surface area contributed by atoms with Crippen molar-refractivity contribution in [2.24, 2.45) is 0 Å². The molecule has 138 valence electrons. The van der Waals surface area contributed by atoms with Crippen molar-refractivity contribution in [3.8, 4) is 6.07 Å².